The van der Waals surface area contributed by atoms with Gasteiger partial charge in [-0.3, -0.25) is 4.98 Å². The molecule has 6 nitrogen and oxygen atoms in total. The van der Waals surface area contributed by atoms with Crippen molar-refractivity contribution < 1.29 is 9.26 Å². The summed E-state index contributed by atoms with van der Waals surface area (Å²) < 4.78 is 10.7. The Morgan fingerprint density at radius 2 is 2.05 bits per heavy atom. The van der Waals surface area contributed by atoms with Crippen molar-refractivity contribution in [1.82, 2.24) is 15.1 Å². The summed E-state index contributed by atoms with van der Waals surface area (Å²) in [5.41, 5.74) is 7.40. The number of rotatable bonds is 5. The first kappa shape index (κ1) is 13.1. The van der Waals surface area contributed by atoms with E-state index in [4.69, 9.17) is 15.0 Å². The smallest absolute Gasteiger partial charge is 0.264 e. The Balaban J connectivity index is 1.62. The molecule has 2 N–H and O–H groups in total. The predicted octanol–water partition coefficient (Wildman–Crippen LogP) is 2.22. The van der Waals surface area contributed by atoms with E-state index in [9.17, 15) is 0 Å². The quantitative estimate of drug-likeness (QED) is 0.722. The van der Waals surface area contributed by atoms with Crippen LogP contribution in [0.15, 0.2) is 53.3 Å². The lowest BCUT2D eigenvalue weighted by molar-refractivity contribution is 0.243. The first-order valence-electron chi connectivity index (χ1n) is 6.49. The number of hydrogen-bond acceptors (Lipinski definition) is 6. The Morgan fingerprint density at radius 3 is 2.86 bits per heavy atom. The van der Waals surface area contributed by atoms with Gasteiger partial charge in [0.25, 0.3) is 5.89 Å². The number of aromatic nitrogens is 3. The van der Waals surface area contributed by atoms with E-state index in [1.165, 1.54) is 0 Å². The van der Waals surface area contributed by atoms with E-state index >= 15 is 0 Å². The molecule has 21 heavy (non-hydrogen) atoms. The molecule has 0 aliphatic carbocycles. The van der Waals surface area contributed by atoms with Crippen LogP contribution >= 0.6 is 0 Å². The SMILES string of the molecule is Nc1ccccc1OCc1nc(Cc2cccnc2)no1. The summed E-state index contributed by atoms with van der Waals surface area (Å²) in [6.45, 7) is 0.189. The molecule has 0 saturated carbocycles. The van der Waals surface area contributed by atoms with Crippen LogP contribution in [-0.2, 0) is 13.0 Å². The van der Waals surface area contributed by atoms with Gasteiger partial charge in [0.05, 0.1) is 5.69 Å². The largest absolute Gasteiger partial charge is 0.482 e. The minimum absolute atomic E-state index is 0.189. The van der Waals surface area contributed by atoms with Crippen molar-refractivity contribution >= 4 is 5.69 Å². The first-order valence-corrected chi connectivity index (χ1v) is 6.49. The van der Waals surface area contributed by atoms with Crippen LogP contribution < -0.4 is 10.5 Å². The normalized spacial score (nSPS) is 10.5. The fourth-order valence-electron chi connectivity index (χ4n) is 1.86. The monoisotopic (exact) mass is 282 g/mol. The van der Waals surface area contributed by atoms with E-state index in [-0.39, 0.29) is 6.61 Å². The van der Waals surface area contributed by atoms with Crippen LogP contribution in [-0.4, -0.2) is 15.1 Å². The molecular formula is C15H14N4O2. The highest BCUT2D eigenvalue weighted by Crippen LogP contribution is 2.20. The van der Waals surface area contributed by atoms with Crippen molar-refractivity contribution in [3.05, 3.63) is 66.1 Å². The maximum absolute atomic E-state index is 5.79. The third-order valence-electron chi connectivity index (χ3n) is 2.87. The molecular weight excluding hydrogens is 268 g/mol. The number of pyridine rings is 1. The fourth-order valence-corrected chi connectivity index (χ4v) is 1.86. The molecule has 1 aromatic carbocycles. The summed E-state index contributed by atoms with van der Waals surface area (Å²) in [6, 6.07) is 11.1. The van der Waals surface area contributed by atoms with Gasteiger partial charge in [-0.2, -0.15) is 4.98 Å². The van der Waals surface area contributed by atoms with Gasteiger partial charge in [0.15, 0.2) is 12.4 Å². The maximum Gasteiger partial charge on any atom is 0.264 e. The highest BCUT2D eigenvalue weighted by Gasteiger charge is 2.08. The fraction of sp³-hybridized carbons (Fsp3) is 0.133. The van der Waals surface area contributed by atoms with Gasteiger partial charge >= 0.3 is 0 Å². The molecule has 0 atom stereocenters. The highest BCUT2D eigenvalue weighted by molar-refractivity contribution is 5.51. The molecule has 0 unspecified atom stereocenters. The number of hydrogen-bond donors (Lipinski definition) is 1. The molecule has 6 heteroatoms. The maximum atomic E-state index is 5.79. The second-order valence-corrected chi connectivity index (χ2v) is 4.47. The van der Waals surface area contributed by atoms with Crippen LogP contribution in [0.1, 0.15) is 17.3 Å². The van der Waals surface area contributed by atoms with E-state index < -0.39 is 0 Å². The Kier molecular flexibility index (Phi) is 3.77. The van der Waals surface area contributed by atoms with Gasteiger partial charge in [0.1, 0.15) is 5.75 Å². The molecule has 0 spiro atoms. The minimum atomic E-state index is 0.189. The van der Waals surface area contributed by atoms with Crippen LogP contribution in [0.4, 0.5) is 5.69 Å². The van der Waals surface area contributed by atoms with Crippen LogP contribution in [0.3, 0.4) is 0 Å². The van der Waals surface area contributed by atoms with Gasteiger partial charge in [-0.15, -0.1) is 0 Å². The number of nitrogens with two attached hydrogens (primary N) is 1. The topological polar surface area (TPSA) is 87.1 Å². The highest BCUT2D eigenvalue weighted by atomic mass is 16.5. The molecule has 0 aliphatic heterocycles. The summed E-state index contributed by atoms with van der Waals surface area (Å²) in [7, 11) is 0. The average Bonchev–Trinajstić information content (AvgIpc) is 2.95. The molecule has 3 aromatic rings. The minimum Gasteiger partial charge on any atom is -0.482 e. The first-order chi connectivity index (χ1) is 10.3. The van der Waals surface area contributed by atoms with Crippen molar-refractivity contribution in [3.8, 4) is 5.75 Å². The Hall–Kier alpha value is -2.89. The molecule has 0 radical (unpaired) electrons. The van der Waals surface area contributed by atoms with Crippen LogP contribution in [0.2, 0.25) is 0 Å². The summed E-state index contributed by atoms with van der Waals surface area (Å²) in [5.74, 6) is 1.62. The molecule has 2 heterocycles. The van der Waals surface area contributed by atoms with Crippen molar-refractivity contribution in [2.24, 2.45) is 0 Å². The summed E-state index contributed by atoms with van der Waals surface area (Å²) >= 11 is 0. The van der Waals surface area contributed by atoms with Gasteiger partial charge in [0, 0.05) is 18.8 Å². The number of nitrogen functional groups attached to an aromatic ring is 1. The van der Waals surface area contributed by atoms with Crippen LogP contribution in [0, 0.1) is 0 Å². The lowest BCUT2D eigenvalue weighted by atomic mass is 10.2. The zero-order valence-corrected chi connectivity index (χ0v) is 11.3. The standard InChI is InChI=1S/C15H14N4O2/c16-12-5-1-2-6-13(12)20-10-15-18-14(19-21-15)8-11-4-3-7-17-9-11/h1-7,9H,8,10,16H2. The van der Waals surface area contributed by atoms with Crippen LogP contribution in [0.5, 0.6) is 5.75 Å². The Bertz CT molecular complexity index is 712. The summed E-state index contributed by atoms with van der Waals surface area (Å²) in [6.07, 6.45) is 4.07. The van der Waals surface area contributed by atoms with E-state index in [1.807, 2.05) is 24.3 Å². The van der Waals surface area contributed by atoms with E-state index in [2.05, 4.69) is 15.1 Å². The van der Waals surface area contributed by atoms with Crippen molar-refractivity contribution in [2.45, 2.75) is 13.0 Å². The predicted molar refractivity (Wildman–Crippen MR) is 76.5 cm³/mol. The Morgan fingerprint density at radius 1 is 1.14 bits per heavy atom. The second-order valence-electron chi connectivity index (χ2n) is 4.47. The lowest BCUT2D eigenvalue weighted by Crippen LogP contribution is -1.99. The number of anilines is 1. The van der Waals surface area contributed by atoms with Gasteiger partial charge < -0.3 is 15.0 Å². The Labute approximate surface area is 121 Å². The van der Waals surface area contributed by atoms with Gasteiger partial charge in [-0.1, -0.05) is 23.4 Å². The average molecular weight is 282 g/mol. The number of benzene rings is 1. The third-order valence-corrected chi connectivity index (χ3v) is 2.87. The third kappa shape index (κ3) is 3.36. The molecule has 0 saturated heterocycles. The second kappa shape index (κ2) is 6.04. The molecule has 3 rings (SSSR count). The molecule has 106 valence electrons. The number of ether oxygens (including phenoxy) is 1. The summed E-state index contributed by atoms with van der Waals surface area (Å²) in [5, 5.41) is 3.92. The van der Waals surface area contributed by atoms with Crippen molar-refractivity contribution in [1.29, 1.82) is 0 Å². The molecule has 0 amide bonds. The molecule has 2 aromatic heterocycles. The van der Waals surface area contributed by atoms with Gasteiger partial charge in [-0.05, 0) is 23.8 Å². The van der Waals surface area contributed by atoms with Gasteiger partial charge in [-0.25, -0.2) is 0 Å². The van der Waals surface area contributed by atoms with Crippen molar-refractivity contribution in [2.75, 3.05) is 5.73 Å². The van der Waals surface area contributed by atoms with Gasteiger partial charge in [0.2, 0.25) is 0 Å². The molecule has 0 fully saturated rings. The van der Waals surface area contributed by atoms with Crippen molar-refractivity contribution in [3.63, 3.8) is 0 Å². The zero-order chi connectivity index (χ0) is 14.5. The summed E-state index contributed by atoms with van der Waals surface area (Å²) in [4.78, 5) is 8.33. The lowest BCUT2D eigenvalue weighted by Gasteiger charge is -2.05. The van der Waals surface area contributed by atoms with E-state index in [0.29, 0.717) is 29.6 Å². The number of para-hydroxylation sites is 2. The molecule has 0 aliphatic rings. The van der Waals surface area contributed by atoms with E-state index in [1.54, 1.807) is 24.5 Å². The molecule has 0 bridgehead atoms. The van der Waals surface area contributed by atoms with Crippen LogP contribution in [0.25, 0.3) is 0 Å². The zero-order valence-electron chi connectivity index (χ0n) is 11.3. The van der Waals surface area contributed by atoms with E-state index in [0.717, 1.165) is 5.56 Å². The number of nitrogens with zero attached hydrogens (tertiary/aromatic N) is 3.